The molecule has 1 aromatic heterocycles. The summed E-state index contributed by atoms with van der Waals surface area (Å²) in [7, 11) is -2.23. The van der Waals surface area contributed by atoms with Crippen LogP contribution in [0.5, 0.6) is 0 Å². The summed E-state index contributed by atoms with van der Waals surface area (Å²) in [4.78, 5) is -0.178. The van der Waals surface area contributed by atoms with E-state index < -0.39 is 10.1 Å². The Morgan fingerprint density at radius 3 is 1.95 bits per heavy atom. The Labute approximate surface area is 114 Å². The van der Waals surface area contributed by atoms with Crippen molar-refractivity contribution in [3.05, 3.63) is 59.9 Å². The molecule has 0 amide bonds. The van der Waals surface area contributed by atoms with Crippen LogP contribution in [0.3, 0.4) is 0 Å². The lowest BCUT2D eigenvalue weighted by molar-refractivity contribution is -0.677. The summed E-state index contributed by atoms with van der Waals surface area (Å²) >= 11 is 0. The number of nitrogens with zero attached hydrogens (tertiary/aromatic N) is 1. The van der Waals surface area contributed by atoms with Gasteiger partial charge in [-0.2, -0.15) is 0 Å². The largest absolute Gasteiger partial charge is 0.744 e. The predicted octanol–water partition coefficient (Wildman–Crippen LogP) is 1.72. The van der Waals surface area contributed by atoms with Gasteiger partial charge in [-0.15, -0.1) is 0 Å². The first-order valence-corrected chi connectivity index (χ1v) is 7.15. The maximum Gasteiger partial charge on any atom is 0.177 e. The van der Waals surface area contributed by atoms with Crippen LogP contribution in [0, 0.1) is 13.8 Å². The second-order valence-electron chi connectivity index (χ2n) is 4.22. The van der Waals surface area contributed by atoms with Crippen LogP contribution in [0.15, 0.2) is 53.6 Å². The van der Waals surface area contributed by atoms with Gasteiger partial charge in [0.15, 0.2) is 11.9 Å². The maximum absolute atomic E-state index is 10.4. The van der Waals surface area contributed by atoms with Crippen molar-refractivity contribution in [1.82, 2.24) is 0 Å². The second kappa shape index (κ2) is 6.45. The highest BCUT2D eigenvalue weighted by atomic mass is 32.2. The van der Waals surface area contributed by atoms with E-state index in [0.717, 1.165) is 5.56 Å². The van der Waals surface area contributed by atoms with Crippen LogP contribution in [-0.4, -0.2) is 13.0 Å². The normalized spacial score (nSPS) is 10.5. The maximum atomic E-state index is 10.4. The summed E-state index contributed by atoms with van der Waals surface area (Å²) in [6.45, 7) is 3.90. The van der Waals surface area contributed by atoms with E-state index in [0.29, 0.717) is 0 Å². The zero-order valence-corrected chi connectivity index (χ0v) is 12.0. The topological polar surface area (TPSA) is 61.1 Å². The molecule has 0 fully saturated rings. The highest BCUT2D eigenvalue weighted by Crippen LogP contribution is 2.08. The number of aryl methyl sites for hydroxylation is 3. The zero-order chi connectivity index (χ0) is 14.5. The Morgan fingerprint density at radius 2 is 1.58 bits per heavy atom. The van der Waals surface area contributed by atoms with Crippen LogP contribution in [0.25, 0.3) is 0 Å². The van der Waals surface area contributed by atoms with Crippen LogP contribution in [0.2, 0.25) is 0 Å². The van der Waals surface area contributed by atoms with Crippen LogP contribution in [0.1, 0.15) is 11.3 Å². The van der Waals surface area contributed by atoms with Crippen molar-refractivity contribution in [2.75, 3.05) is 0 Å². The molecule has 5 heteroatoms. The molecule has 0 N–H and O–H groups in total. The van der Waals surface area contributed by atoms with E-state index in [1.807, 2.05) is 32.3 Å². The van der Waals surface area contributed by atoms with Gasteiger partial charge in [-0.05, 0) is 19.1 Å². The molecular formula is C14H17NO3S. The standard InChI is InChI=1S/C7H10N.C7H8O3S/c1-7-5-3-4-6-8(7)2;1-6-2-4-7(5-3-6)11(8,9)10/h3-6H,1-2H3;2-5H,1H3,(H,8,9,10)/q+1;/p-1. The highest BCUT2D eigenvalue weighted by molar-refractivity contribution is 7.85. The Morgan fingerprint density at radius 1 is 1.00 bits per heavy atom. The van der Waals surface area contributed by atoms with Crippen LogP contribution >= 0.6 is 0 Å². The Balaban J connectivity index is 0.000000200. The van der Waals surface area contributed by atoms with Crippen molar-refractivity contribution in [3.63, 3.8) is 0 Å². The van der Waals surface area contributed by atoms with Gasteiger partial charge in [0.25, 0.3) is 0 Å². The van der Waals surface area contributed by atoms with Gasteiger partial charge in [0.05, 0.1) is 4.90 Å². The molecule has 0 unspecified atom stereocenters. The van der Waals surface area contributed by atoms with Crippen molar-refractivity contribution in [2.24, 2.45) is 7.05 Å². The van der Waals surface area contributed by atoms with Gasteiger partial charge in [-0.3, -0.25) is 0 Å². The van der Waals surface area contributed by atoms with Crippen molar-refractivity contribution in [3.8, 4) is 0 Å². The molecule has 2 aromatic rings. The number of rotatable bonds is 1. The Bertz CT molecular complexity index is 613. The highest BCUT2D eigenvalue weighted by Gasteiger charge is 1.97. The van der Waals surface area contributed by atoms with Gasteiger partial charge < -0.3 is 4.55 Å². The summed E-state index contributed by atoms with van der Waals surface area (Å²) in [5.74, 6) is 0. The van der Waals surface area contributed by atoms with Crippen molar-refractivity contribution < 1.29 is 17.5 Å². The molecule has 1 heterocycles. The lowest BCUT2D eigenvalue weighted by Gasteiger charge is -2.05. The number of pyridine rings is 1. The van der Waals surface area contributed by atoms with E-state index in [2.05, 4.69) is 17.6 Å². The molecular weight excluding hydrogens is 262 g/mol. The molecule has 1 aromatic carbocycles. The summed E-state index contributed by atoms with van der Waals surface area (Å²) in [6, 6.07) is 11.9. The molecule has 4 nitrogen and oxygen atoms in total. The van der Waals surface area contributed by atoms with Crippen molar-refractivity contribution in [1.29, 1.82) is 0 Å². The van der Waals surface area contributed by atoms with E-state index in [1.54, 1.807) is 12.1 Å². The van der Waals surface area contributed by atoms with E-state index in [-0.39, 0.29) is 4.90 Å². The van der Waals surface area contributed by atoms with E-state index in [9.17, 15) is 13.0 Å². The molecule has 0 aliphatic heterocycles. The minimum Gasteiger partial charge on any atom is -0.744 e. The van der Waals surface area contributed by atoms with Crippen LogP contribution in [0.4, 0.5) is 0 Å². The molecule has 0 aliphatic carbocycles. The third-order valence-electron chi connectivity index (χ3n) is 2.62. The SMILES string of the molecule is Cc1ccc(S(=O)(=O)[O-])cc1.Cc1cccc[n+]1C. The molecule has 102 valence electrons. The summed E-state index contributed by atoms with van der Waals surface area (Å²) in [6.07, 6.45) is 2.04. The predicted molar refractivity (Wildman–Crippen MR) is 71.5 cm³/mol. The molecule has 2 rings (SSSR count). The summed E-state index contributed by atoms with van der Waals surface area (Å²) in [5.41, 5.74) is 2.21. The molecule has 0 atom stereocenters. The molecule has 0 saturated carbocycles. The summed E-state index contributed by atoms with van der Waals surface area (Å²) < 4.78 is 33.2. The van der Waals surface area contributed by atoms with Gasteiger partial charge in [-0.25, -0.2) is 13.0 Å². The monoisotopic (exact) mass is 279 g/mol. The van der Waals surface area contributed by atoms with Gasteiger partial charge in [0.1, 0.15) is 17.2 Å². The average Bonchev–Trinajstić information content (AvgIpc) is 2.33. The summed E-state index contributed by atoms with van der Waals surface area (Å²) in [5, 5.41) is 0. The van der Waals surface area contributed by atoms with Crippen LogP contribution < -0.4 is 4.57 Å². The first-order chi connectivity index (χ1) is 8.80. The number of hydrogen-bond acceptors (Lipinski definition) is 3. The smallest absolute Gasteiger partial charge is 0.177 e. The van der Waals surface area contributed by atoms with Crippen molar-refractivity contribution >= 4 is 10.1 Å². The first-order valence-electron chi connectivity index (χ1n) is 5.74. The number of benzene rings is 1. The Hall–Kier alpha value is -1.72. The third kappa shape index (κ3) is 5.19. The fraction of sp³-hybridized carbons (Fsp3) is 0.214. The second-order valence-corrected chi connectivity index (χ2v) is 5.60. The number of hydrogen-bond donors (Lipinski definition) is 0. The van der Waals surface area contributed by atoms with E-state index in [4.69, 9.17) is 0 Å². The fourth-order valence-corrected chi connectivity index (χ4v) is 1.78. The molecule has 0 bridgehead atoms. The number of aromatic nitrogens is 1. The Kier molecular flexibility index (Phi) is 5.20. The van der Waals surface area contributed by atoms with Crippen molar-refractivity contribution in [2.45, 2.75) is 18.7 Å². The third-order valence-corrected chi connectivity index (χ3v) is 3.47. The van der Waals surface area contributed by atoms with Gasteiger partial charge in [-0.1, -0.05) is 23.8 Å². The fourth-order valence-electron chi connectivity index (χ4n) is 1.31. The van der Waals surface area contributed by atoms with E-state index in [1.165, 1.54) is 17.8 Å². The molecule has 0 aliphatic rings. The van der Waals surface area contributed by atoms with Gasteiger partial charge in [0.2, 0.25) is 0 Å². The zero-order valence-electron chi connectivity index (χ0n) is 11.2. The van der Waals surface area contributed by atoms with E-state index >= 15 is 0 Å². The minimum absolute atomic E-state index is 0.178. The molecule has 0 spiro atoms. The lowest BCUT2D eigenvalue weighted by atomic mass is 10.2. The average molecular weight is 279 g/mol. The molecule has 0 saturated heterocycles. The lowest BCUT2D eigenvalue weighted by Crippen LogP contribution is -2.30. The van der Waals surface area contributed by atoms with Gasteiger partial charge >= 0.3 is 0 Å². The minimum atomic E-state index is -4.27. The van der Waals surface area contributed by atoms with Gasteiger partial charge in [0, 0.05) is 19.1 Å². The quantitative estimate of drug-likeness (QED) is 0.590. The molecule has 19 heavy (non-hydrogen) atoms. The molecule has 0 radical (unpaired) electrons. The first kappa shape index (κ1) is 15.3. The van der Waals surface area contributed by atoms with Crippen LogP contribution in [-0.2, 0) is 17.2 Å².